The molecule has 0 bridgehead atoms. The lowest BCUT2D eigenvalue weighted by Crippen LogP contribution is -2.25. The molecule has 1 atom stereocenters. The van der Waals surface area contributed by atoms with Crippen molar-refractivity contribution in [3.8, 4) is 11.3 Å². The molecule has 2 heterocycles. The Balaban J connectivity index is 1.88. The molecule has 1 amide bonds. The molecule has 0 radical (unpaired) electrons. The van der Waals surface area contributed by atoms with Crippen molar-refractivity contribution in [2.45, 2.75) is 18.5 Å². The summed E-state index contributed by atoms with van der Waals surface area (Å²) in [4.78, 5) is 27.9. The minimum absolute atomic E-state index is 0.00469. The second kappa shape index (κ2) is 7.80. The van der Waals surface area contributed by atoms with E-state index in [0.29, 0.717) is 18.2 Å². The number of nitrogens with one attached hydrogen (secondary N) is 1. The molecule has 6 nitrogen and oxygen atoms in total. The SMILES string of the molecule is O=C1OC(CO)CN1c1ccc2cc(-c3c(C(F)(F)F)cccc3C(F)(F)F)[nH]c(=O)c2c1. The first-order valence-electron chi connectivity index (χ1n) is 9.44. The molecule has 3 aromatic rings. The van der Waals surface area contributed by atoms with Crippen LogP contribution in [0.15, 0.2) is 47.3 Å². The molecule has 0 saturated carbocycles. The minimum Gasteiger partial charge on any atom is -0.441 e. The summed E-state index contributed by atoms with van der Waals surface area (Å²) >= 11 is 0. The van der Waals surface area contributed by atoms with Crippen molar-refractivity contribution in [2.75, 3.05) is 18.1 Å². The highest BCUT2D eigenvalue weighted by Gasteiger charge is 2.41. The van der Waals surface area contributed by atoms with E-state index in [-0.39, 0.29) is 23.0 Å². The molecule has 1 aliphatic heterocycles. The zero-order valence-corrected chi connectivity index (χ0v) is 16.4. The van der Waals surface area contributed by atoms with Crippen LogP contribution in [0.5, 0.6) is 0 Å². The number of carbonyl (C=O) groups is 1. The van der Waals surface area contributed by atoms with Gasteiger partial charge in [-0.05, 0) is 35.7 Å². The van der Waals surface area contributed by atoms with E-state index in [1.165, 1.54) is 18.2 Å². The molecule has 1 aromatic heterocycles. The van der Waals surface area contributed by atoms with E-state index < -0.39 is 59.1 Å². The number of carbonyl (C=O) groups excluding carboxylic acids is 1. The predicted octanol–water partition coefficient (Wildman–Crippen LogP) is 4.55. The van der Waals surface area contributed by atoms with Gasteiger partial charge < -0.3 is 14.8 Å². The summed E-state index contributed by atoms with van der Waals surface area (Å²) < 4.78 is 86.0. The van der Waals surface area contributed by atoms with Gasteiger partial charge in [0.1, 0.15) is 6.10 Å². The number of aliphatic hydroxyl groups is 1. The fourth-order valence-corrected chi connectivity index (χ4v) is 3.69. The highest BCUT2D eigenvalue weighted by atomic mass is 19.4. The monoisotopic (exact) mass is 472 g/mol. The van der Waals surface area contributed by atoms with Gasteiger partial charge in [-0.3, -0.25) is 9.69 Å². The van der Waals surface area contributed by atoms with Crippen LogP contribution < -0.4 is 10.5 Å². The quantitative estimate of drug-likeness (QED) is 0.548. The Morgan fingerprint density at radius 2 is 1.64 bits per heavy atom. The Labute approximate surface area is 181 Å². The van der Waals surface area contributed by atoms with Crippen LogP contribution in [-0.4, -0.2) is 35.4 Å². The molecule has 0 aliphatic carbocycles. The molecular formula is C21H14F6N2O4. The molecule has 12 heteroatoms. The van der Waals surface area contributed by atoms with Crippen molar-refractivity contribution < 1.29 is 41.0 Å². The largest absolute Gasteiger partial charge is 0.441 e. The maximum absolute atomic E-state index is 13.5. The van der Waals surface area contributed by atoms with Gasteiger partial charge in [-0.15, -0.1) is 0 Å². The Morgan fingerprint density at radius 1 is 1.00 bits per heavy atom. The molecule has 1 fully saturated rings. The number of nitrogens with zero attached hydrogens (tertiary/aromatic N) is 1. The number of aromatic nitrogens is 1. The Kier molecular flexibility index (Phi) is 5.35. The number of rotatable bonds is 3. The summed E-state index contributed by atoms with van der Waals surface area (Å²) in [6.45, 7) is -0.412. The normalized spacial score (nSPS) is 17.0. The van der Waals surface area contributed by atoms with Gasteiger partial charge in [-0.2, -0.15) is 26.3 Å². The molecular weight excluding hydrogens is 458 g/mol. The number of aromatic amines is 1. The molecule has 33 heavy (non-hydrogen) atoms. The van der Waals surface area contributed by atoms with Gasteiger partial charge in [0.25, 0.3) is 5.56 Å². The third-order valence-corrected chi connectivity index (χ3v) is 5.16. The van der Waals surface area contributed by atoms with Gasteiger partial charge >= 0.3 is 18.4 Å². The number of cyclic esters (lactones) is 1. The maximum Gasteiger partial charge on any atom is 0.417 e. The molecule has 174 valence electrons. The van der Waals surface area contributed by atoms with Gasteiger partial charge in [-0.25, -0.2) is 4.79 Å². The van der Waals surface area contributed by atoms with Crippen LogP contribution in [0.2, 0.25) is 0 Å². The molecule has 1 unspecified atom stereocenters. The summed E-state index contributed by atoms with van der Waals surface area (Å²) in [6.07, 6.45) is -11.7. The van der Waals surface area contributed by atoms with Crippen LogP contribution in [0.1, 0.15) is 11.1 Å². The van der Waals surface area contributed by atoms with E-state index in [4.69, 9.17) is 9.84 Å². The highest BCUT2D eigenvalue weighted by Crippen LogP contribution is 2.44. The molecule has 1 aliphatic rings. The van der Waals surface area contributed by atoms with Crippen LogP contribution in [0.3, 0.4) is 0 Å². The van der Waals surface area contributed by atoms with Crippen molar-refractivity contribution in [2.24, 2.45) is 0 Å². The van der Waals surface area contributed by atoms with E-state index in [0.717, 1.165) is 11.0 Å². The number of benzene rings is 2. The van der Waals surface area contributed by atoms with E-state index >= 15 is 0 Å². The standard InChI is InChI=1S/C21H14F6N2O4/c22-20(23,24)14-2-1-3-15(21(25,26)27)17(14)16-6-10-4-5-11(7-13(10)18(31)28-16)29-8-12(9-30)33-19(29)32/h1-7,12,30H,8-9H2,(H,28,31). The number of amides is 1. The average Bonchev–Trinajstić information content (AvgIpc) is 3.12. The second-order valence-electron chi connectivity index (χ2n) is 7.31. The number of H-pyrrole nitrogens is 1. The van der Waals surface area contributed by atoms with Crippen LogP contribution in [0.4, 0.5) is 36.8 Å². The number of pyridine rings is 1. The number of aliphatic hydroxyl groups excluding tert-OH is 1. The highest BCUT2D eigenvalue weighted by molar-refractivity contribution is 5.95. The lowest BCUT2D eigenvalue weighted by Gasteiger charge is -2.19. The van der Waals surface area contributed by atoms with Crippen LogP contribution >= 0.6 is 0 Å². The molecule has 0 spiro atoms. The molecule has 2 aromatic carbocycles. The van der Waals surface area contributed by atoms with E-state index in [9.17, 15) is 35.9 Å². The van der Waals surface area contributed by atoms with Gasteiger partial charge in [0.2, 0.25) is 0 Å². The lowest BCUT2D eigenvalue weighted by atomic mass is 9.95. The minimum atomic E-state index is -5.11. The van der Waals surface area contributed by atoms with Crippen molar-refractivity contribution in [1.29, 1.82) is 0 Å². The van der Waals surface area contributed by atoms with Crippen molar-refractivity contribution >= 4 is 22.6 Å². The summed E-state index contributed by atoms with van der Waals surface area (Å²) in [5.41, 5.74) is -5.65. The summed E-state index contributed by atoms with van der Waals surface area (Å²) in [6, 6.07) is 6.60. The molecule has 2 N–H and O–H groups in total. The smallest absolute Gasteiger partial charge is 0.417 e. The summed E-state index contributed by atoms with van der Waals surface area (Å²) in [7, 11) is 0. The Morgan fingerprint density at radius 3 is 2.18 bits per heavy atom. The van der Waals surface area contributed by atoms with Crippen molar-refractivity contribution in [3.05, 3.63) is 63.9 Å². The van der Waals surface area contributed by atoms with E-state index in [2.05, 4.69) is 4.98 Å². The fourth-order valence-electron chi connectivity index (χ4n) is 3.69. The zero-order chi connectivity index (χ0) is 24.1. The first kappa shape index (κ1) is 22.6. The Bertz CT molecular complexity index is 1270. The fraction of sp³-hybridized carbons (Fsp3) is 0.238. The predicted molar refractivity (Wildman–Crippen MR) is 105 cm³/mol. The first-order valence-corrected chi connectivity index (χ1v) is 9.44. The number of alkyl halides is 6. The van der Waals surface area contributed by atoms with Gasteiger partial charge in [-0.1, -0.05) is 12.1 Å². The summed E-state index contributed by atoms with van der Waals surface area (Å²) in [5.74, 6) is 0. The van der Waals surface area contributed by atoms with Gasteiger partial charge in [0.15, 0.2) is 0 Å². The number of fused-ring (bicyclic) bond motifs is 1. The van der Waals surface area contributed by atoms with Crippen LogP contribution in [0.25, 0.3) is 22.0 Å². The first-order chi connectivity index (χ1) is 15.4. The van der Waals surface area contributed by atoms with Crippen molar-refractivity contribution in [1.82, 2.24) is 4.98 Å². The summed E-state index contributed by atoms with van der Waals surface area (Å²) in [5, 5.41) is 9.15. The number of ether oxygens (including phenoxy) is 1. The van der Waals surface area contributed by atoms with Gasteiger partial charge in [0.05, 0.1) is 30.0 Å². The number of halogens is 6. The zero-order valence-electron chi connectivity index (χ0n) is 16.4. The Hall–Kier alpha value is -3.54. The third kappa shape index (κ3) is 4.13. The van der Waals surface area contributed by atoms with Crippen LogP contribution in [0, 0.1) is 0 Å². The van der Waals surface area contributed by atoms with Gasteiger partial charge in [0, 0.05) is 16.6 Å². The average molecular weight is 472 g/mol. The van der Waals surface area contributed by atoms with E-state index in [1.807, 2.05) is 0 Å². The number of anilines is 1. The second-order valence-corrected chi connectivity index (χ2v) is 7.31. The number of hydrogen-bond donors (Lipinski definition) is 2. The van der Waals surface area contributed by atoms with E-state index in [1.54, 1.807) is 0 Å². The lowest BCUT2D eigenvalue weighted by molar-refractivity contribution is -0.142. The number of hydrogen-bond acceptors (Lipinski definition) is 4. The third-order valence-electron chi connectivity index (χ3n) is 5.16. The topological polar surface area (TPSA) is 82.6 Å². The molecule has 1 saturated heterocycles. The van der Waals surface area contributed by atoms with Crippen molar-refractivity contribution in [3.63, 3.8) is 0 Å². The van der Waals surface area contributed by atoms with Crippen LogP contribution in [-0.2, 0) is 17.1 Å². The molecule has 4 rings (SSSR count). The maximum atomic E-state index is 13.5.